The highest BCUT2D eigenvalue weighted by molar-refractivity contribution is 6.30. The number of para-hydroxylation sites is 1. The summed E-state index contributed by atoms with van der Waals surface area (Å²) in [5.41, 5.74) is 4.18. The van der Waals surface area contributed by atoms with Crippen LogP contribution in [0.4, 0.5) is 5.69 Å². The first-order valence-corrected chi connectivity index (χ1v) is 10.8. The predicted molar refractivity (Wildman–Crippen MR) is 118 cm³/mol. The second-order valence-electron chi connectivity index (χ2n) is 7.77. The number of nitrogens with zero attached hydrogens (tertiary/aromatic N) is 2. The van der Waals surface area contributed by atoms with E-state index < -0.39 is 0 Å². The molecule has 4 rings (SSSR count). The minimum absolute atomic E-state index is 0.0432. The van der Waals surface area contributed by atoms with Gasteiger partial charge in [0.2, 0.25) is 5.91 Å². The lowest BCUT2D eigenvalue weighted by molar-refractivity contribution is -0.117. The second-order valence-corrected chi connectivity index (χ2v) is 8.21. The summed E-state index contributed by atoms with van der Waals surface area (Å²) in [7, 11) is 0. The molecule has 0 aromatic heterocycles. The number of hydrogen-bond donors (Lipinski definition) is 1. The van der Waals surface area contributed by atoms with Gasteiger partial charge in [-0.15, -0.1) is 0 Å². The van der Waals surface area contributed by atoms with Crippen molar-refractivity contribution in [2.45, 2.75) is 26.5 Å². The van der Waals surface area contributed by atoms with Crippen LogP contribution in [0, 0.1) is 0 Å². The zero-order chi connectivity index (χ0) is 20.9. The van der Waals surface area contributed by atoms with Crippen LogP contribution >= 0.6 is 11.6 Å². The number of nitrogens with one attached hydrogen (secondary N) is 1. The van der Waals surface area contributed by atoms with Crippen LogP contribution in [-0.4, -0.2) is 55.2 Å². The Morgan fingerprint density at radius 1 is 1.10 bits per heavy atom. The lowest BCUT2D eigenvalue weighted by atomic mass is 10.1. The quantitative estimate of drug-likeness (QED) is 0.761. The van der Waals surface area contributed by atoms with E-state index in [0.717, 1.165) is 67.3 Å². The Hall–Kier alpha value is -2.12. The van der Waals surface area contributed by atoms with Crippen molar-refractivity contribution in [1.29, 1.82) is 0 Å². The van der Waals surface area contributed by atoms with Gasteiger partial charge in [-0.25, -0.2) is 0 Å². The largest absolute Gasteiger partial charge is 0.467 e. The van der Waals surface area contributed by atoms with Crippen molar-refractivity contribution in [1.82, 2.24) is 9.80 Å². The molecule has 0 saturated carbocycles. The summed E-state index contributed by atoms with van der Waals surface area (Å²) in [5, 5.41) is 3.77. The third-order valence-corrected chi connectivity index (χ3v) is 5.87. The Morgan fingerprint density at radius 2 is 1.87 bits per heavy atom. The van der Waals surface area contributed by atoms with E-state index in [9.17, 15) is 4.79 Å². The molecule has 0 spiro atoms. The number of fused-ring (bicyclic) bond motifs is 1. The van der Waals surface area contributed by atoms with Crippen molar-refractivity contribution in [3.05, 3.63) is 58.1 Å². The summed E-state index contributed by atoms with van der Waals surface area (Å²) in [5.74, 6) is 0.948. The number of rotatable bonds is 6. The Bertz CT molecular complexity index is 897. The van der Waals surface area contributed by atoms with Gasteiger partial charge in [0, 0.05) is 54.6 Å². The molecule has 2 aliphatic rings. The Kier molecular flexibility index (Phi) is 6.89. The smallest absolute Gasteiger partial charge is 0.238 e. The molecule has 0 radical (unpaired) electrons. The van der Waals surface area contributed by atoms with Crippen LogP contribution in [0.15, 0.2) is 36.4 Å². The first-order valence-electron chi connectivity index (χ1n) is 10.5. The molecule has 1 saturated heterocycles. The molecular weight excluding hydrogens is 402 g/mol. The van der Waals surface area contributed by atoms with Crippen molar-refractivity contribution in [3.63, 3.8) is 0 Å². The number of piperazine rings is 1. The van der Waals surface area contributed by atoms with E-state index in [4.69, 9.17) is 21.1 Å². The molecule has 30 heavy (non-hydrogen) atoms. The van der Waals surface area contributed by atoms with Gasteiger partial charge in [-0.05, 0) is 30.2 Å². The fourth-order valence-corrected chi connectivity index (χ4v) is 4.33. The van der Waals surface area contributed by atoms with Crippen LogP contribution in [0.2, 0.25) is 5.02 Å². The second kappa shape index (κ2) is 9.79. The molecule has 2 aliphatic heterocycles. The van der Waals surface area contributed by atoms with Crippen molar-refractivity contribution < 1.29 is 14.3 Å². The fourth-order valence-electron chi connectivity index (χ4n) is 4.06. The van der Waals surface area contributed by atoms with Crippen LogP contribution in [0.25, 0.3) is 0 Å². The highest BCUT2D eigenvalue weighted by Crippen LogP contribution is 2.32. The van der Waals surface area contributed by atoms with Crippen LogP contribution in [0.3, 0.4) is 0 Å². The third kappa shape index (κ3) is 5.13. The number of aryl methyl sites for hydroxylation is 1. The van der Waals surface area contributed by atoms with Crippen molar-refractivity contribution in [2.24, 2.45) is 0 Å². The molecule has 1 amide bonds. The van der Waals surface area contributed by atoms with Crippen LogP contribution in [-0.2, 0) is 29.1 Å². The number of anilines is 1. The van der Waals surface area contributed by atoms with Crippen molar-refractivity contribution in [2.75, 3.05) is 44.8 Å². The number of ether oxygens (including phenoxy) is 2. The zero-order valence-electron chi connectivity index (χ0n) is 17.3. The molecule has 1 fully saturated rings. The summed E-state index contributed by atoms with van der Waals surface area (Å²) in [4.78, 5) is 17.1. The number of carbonyl (C=O) groups is 1. The van der Waals surface area contributed by atoms with Crippen LogP contribution < -0.4 is 10.1 Å². The molecule has 1 N–H and O–H groups in total. The number of amides is 1. The molecule has 2 aromatic rings. The van der Waals surface area contributed by atoms with Gasteiger partial charge in [-0.3, -0.25) is 14.6 Å². The van der Waals surface area contributed by atoms with E-state index in [0.29, 0.717) is 18.2 Å². The third-order valence-electron chi connectivity index (χ3n) is 5.65. The van der Waals surface area contributed by atoms with Gasteiger partial charge < -0.3 is 14.8 Å². The maximum absolute atomic E-state index is 12.5. The molecule has 2 aromatic carbocycles. The van der Waals surface area contributed by atoms with E-state index in [2.05, 4.69) is 28.1 Å². The van der Waals surface area contributed by atoms with Gasteiger partial charge in [0.1, 0.15) is 5.75 Å². The molecule has 2 heterocycles. The lowest BCUT2D eigenvalue weighted by Gasteiger charge is -2.35. The minimum atomic E-state index is 0.0432. The summed E-state index contributed by atoms with van der Waals surface area (Å²) >= 11 is 6.29. The van der Waals surface area contributed by atoms with Gasteiger partial charge in [0.25, 0.3) is 0 Å². The van der Waals surface area contributed by atoms with Gasteiger partial charge in [-0.2, -0.15) is 0 Å². The predicted octanol–water partition coefficient (Wildman–Crippen LogP) is 3.53. The van der Waals surface area contributed by atoms with E-state index in [1.807, 2.05) is 30.3 Å². The number of carbonyl (C=O) groups excluding carboxylic acids is 1. The Morgan fingerprint density at radius 3 is 2.67 bits per heavy atom. The fraction of sp³-hybridized carbons (Fsp3) is 0.435. The molecule has 0 atom stereocenters. The molecular formula is C23H28ClN3O3. The van der Waals surface area contributed by atoms with E-state index in [1.54, 1.807) is 0 Å². The average molecular weight is 430 g/mol. The van der Waals surface area contributed by atoms with E-state index >= 15 is 0 Å². The SMILES string of the molecule is CCc1ccccc1NC(=O)CN1CCN(Cc2cc(Cl)cc3c2OCOC3)CC1. The normalized spacial score (nSPS) is 17.3. The maximum atomic E-state index is 12.5. The summed E-state index contributed by atoms with van der Waals surface area (Å²) in [6.45, 7) is 7.63. The highest BCUT2D eigenvalue weighted by Gasteiger charge is 2.22. The standard InChI is InChI=1S/C23H28ClN3O3/c1-2-17-5-3-4-6-21(17)25-22(28)14-27-9-7-26(8-10-27)13-18-11-20(24)12-19-15-29-16-30-23(18)19/h3-6,11-12H,2,7-10,13-16H2,1H3,(H,25,28). The lowest BCUT2D eigenvalue weighted by Crippen LogP contribution is -2.48. The van der Waals surface area contributed by atoms with E-state index in [1.165, 1.54) is 0 Å². The highest BCUT2D eigenvalue weighted by atomic mass is 35.5. The molecule has 160 valence electrons. The monoisotopic (exact) mass is 429 g/mol. The van der Waals surface area contributed by atoms with Crippen LogP contribution in [0.1, 0.15) is 23.6 Å². The summed E-state index contributed by atoms with van der Waals surface area (Å²) < 4.78 is 11.1. The Balaban J connectivity index is 1.29. The molecule has 6 nitrogen and oxygen atoms in total. The Labute approximate surface area is 182 Å². The summed E-state index contributed by atoms with van der Waals surface area (Å²) in [6.07, 6.45) is 0.901. The molecule has 0 aliphatic carbocycles. The molecule has 7 heteroatoms. The van der Waals surface area contributed by atoms with Gasteiger partial charge in [0.05, 0.1) is 13.2 Å². The number of hydrogen-bond acceptors (Lipinski definition) is 5. The average Bonchev–Trinajstić information content (AvgIpc) is 2.75. The van der Waals surface area contributed by atoms with Gasteiger partial charge >= 0.3 is 0 Å². The van der Waals surface area contributed by atoms with Crippen molar-refractivity contribution in [3.8, 4) is 5.75 Å². The minimum Gasteiger partial charge on any atom is -0.467 e. The molecule has 0 bridgehead atoms. The van der Waals surface area contributed by atoms with Gasteiger partial charge in [-0.1, -0.05) is 36.7 Å². The maximum Gasteiger partial charge on any atom is 0.238 e. The van der Waals surface area contributed by atoms with Crippen molar-refractivity contribution >= 4 is 23.2 Å². The molecule has 0 unspecified atom stereocenters. The number of benzene rings is 2. The van der Waals surface area contributed by atoms with Crippen LogP contribution in [0.5, 0.6) is 5.75 Å². The zero-order valence-corrected chi connectivity index (χ0v) is 18.1. The van der Waals surface area contributed by atoms with Gasteiger partial charge in [0.15, 0.2) is 6.79 Å². The number of halogens is 1. The first-order chi connectivity index (χ1) is 14.6. The first kappa shape index (κ1) is 21.1. The summed E-state index contributed by atoms with van der Waals surface area (Å²) in [6, 6.07) is 11.9. The topological polar surface area (TPSA) is 54.0 Å². The van der Waals surface area contributed by atoms with E-state index in [-0.39, 0.29) is 12.7 Å².